The normalized spacial score (nSPS) is 20.1. The first-order valence-electron chi connectivity index (χ1n) is 7.45. The zero-order valence-corrected chi connectivity index (χ0v) is 12.1. The Morgan fingerprint density at radius 1 is 1.33 bits per heavy atom. The van der Waals surface area contributed by atoms with Crippen LogP contribution in [0, 0.1) is 5.92 Å². The molecule has 1 aromatic heterocycles. The fraction of sp³-hybridized carbons (Fsp3) is 0.562. The van der Waals surface area contributed by atoms with Crippen LogP contribution in [0.25, 0.3) is 0 Å². The maximum atomic E-state index is 11.7. The van der Waals surface area contributed by atoms with E-state index in [0.29, 0.717) is 5.92 Å². The Balaban J connectivity index is 1.93. The highest BCUT2D eigenvalue weighted by Crippen LogP contribution is 2.42. The number of ether oxygens (including phenoxy) is 1. The van der Waals surface area contributed by atoms with Crippen LogP contribution in [0.1, 0.15) is 70.1 Å². The molecule has 2 aliphatic carbocycles. The smallest absolute Gasteiger partial charge is 0.356 e. The van der Waals surface area contributed by atoms with E-state index < -0.39 is 11.9 Å². The van der Waals surface area contributed by atoms with Crippen molar-refractivity contribution in [3.8, 4) is 0 Å². The van der Waals surface area contributed by atoms with Gasteiger partial charge in [-0.15, -0.1) is 0 Å². The van der Waals surface area contributed by atoms with Gasteiger partial charge in [0.1, 0.15) is 5.69 Å². The lowest BCUT2D eigenvalue weighted by Gasteiger charge is -2.13. The molecular weight excluding hydrogens is 270 g/mol. The second-order valence-electron chi connectivity index (χ2n) is 5.98. The maximum Gasteiger partial charge on any atom is 0.356 e. The number of nitrogens with zero attached hydrogens (tertiary/aromatic N) is 1. The second kappa shape index (κ2) is 5.47. The van der Waals surface area contributed by atoms with Crippen LogP contribution in [0.5, 0.6) is 0 Å². The van der Waals surface area contributed by atoms with Gasteiger partial charge in [-0.25, -0.2) is 14.6 Å². The second-order valence-corrected chi connectivity index (χ2v) is 5.98. The highest BCUT2D eigenvalue weighted by Gasteiger charge is 2.31. The first kappa shape index (κ1) is 14.0. The van der Waals surface area contributed by atoms with E-state index in [9.17, 15) is 14.7 Å². The topological polar surface area (TPSA) is 76.5 Å². The van der Waals surface area contributed by atoms with Crippen molar-refractivity contribution in [1.29, 1.82) is 0 Å². The summed E-state index contributed by atoms with van der Waals surface area (Å²) in [5.74, 6) is -0.437. The zero-order valence-electron chi connectivity index (χ0n) is 12.1. The summed E-state index contributed by atoms with van der Waals surface area (Å²) in [6.07, 6.45) is 6.60. The summed E-state index contributed by atoms with van der Waals surface area (Å²) in [7, 11) is 1.28. The molecule has 0 saturated heterocycles. The van der Waals surface area contributed by atoms with E-state index in [2.05, 4.69) is 9.72 Å². The monoisotopic (exact) mass is 289 g/mol. The van der Waals surface area contributed by atoms with Crippen molar-refractivity contribution in [2.45, 2.75) is 44.4 Å². The van der Waals surface area contributed by atoms with Crippen LogP contribution in [-0.2, 0) is 11.2 Å². The molecular formula is C16H19NO4. The molecule has 3 rings (SSSR count). The molecule has 1 N–H and O–H groups in total. The van der Waals surface area contributed by atoms with Gasteiger partial charge in [0.25, 0.3) is 0 Å². The van der Waals surface area contributed by atoms with Gasteiger partial charge in [-0.1, -0.05) is 12.8 Å². The van der Waals surface area contributed by atoms with Crippen molar-refractivity contribution in [2.75, 3.05) is 7.11 Å². The van der Waals surface area contributed by atoms with E-state index in [1.165, 1.54) is 26.4 Å². The number of hydrogen-bond acceptors (Lipinski definition) is 4. The molecule has 5 heteroatoms. The van der Waals surface area contributed by atoms with Crippen molar-refractivity contribution in [3.05, 3.63) is 28.6 Å². The summed E-state index contributed by atoms with van der Waals surface area (Å²) in [6.45, 7) is 0. The van der Waals surface area contributed by atoms with Gasteiger partial charge in [0, 0.05) is 0 Å². The van der Waals surface area contributed by atoms with E-state index in [0.717, 1.165) is 36.3 Å². The first-order valence-corrected chi connectivity index (χ1v) is 7.45. The minimum absolute atomic E-state index is 0.0156. The number of carboxylic acids is 1. The minimum atomic E-state index is -1.07. The molecule has 2 aliphatic rings. The fourth-order valence-electron chi connectivity index (χ4n) is 3.22. The van der Waals surface area contributed by atoms with Gasteiger partial charge in [-0.05, 0) is 54.7 Å². The van der Waals surface area contributed by atoms with Crippen molar-refractivity contribution in [1.82, 2.24) is 4.98 Å². The number of fused-ring (bicyclic) bond motifs is 1. The molecule has 0 spiro atoms. The molecule has 112 valence electrons. The molecule has 1 saturated carbocycles. The third kappa shape index (κ3) is 2.77. The maximum absolute atomic E-state index is 11.7. The Hall–Kier alpha value is -1.91. The van der Waals surface area contributed by atoms with E-state index in [1.54, 1.807) is 6.07 Å². The Kier molecular flexibility index (Phi) is 3.66. The fourth-order valence-corrected chi connectivity index (χ4v) is 3.22. The summed E-state index contributed by atoms with van der Waals surface area (Å²) in [4.78, 5) is 27.1. The van der Waals surface area contributed by atoms with Crippen LogP contribution in [0.2, 0.25) is 0 Å². The molecule has 0 radical (unpaired) electrons. The van der Waals surface area contributed by atoms with Crippen LogP contribution in [0.15, 0.2) is 6.07 Å². The van der Waals surface area contributed by atoms with Gasteiger partial charge in [0.15, 0.2) is 5.69 Å². The molecule has 0 bridgehead atoms. The van der Waals surface area contributed by atoms with Crippen molar-refractivity contribution in [2.24, 2.45) is 5.92 Å². The quantitative estimate of drug-likeness (QED) is 0.843. The van der Waals surface area contributed by atoms with Crippen LogP contribution >= 0.6 is 0 Å². The first-order chi connectivity index (χ1) is 10.1. The van der Waals surface area contributed by atoms with E-state index in [-0.39, 0.29) is 11.4 Å². The average molecular weight is 289 g/mol. The van der Waals surface area contributed by atoms with E-state index in [1.807, 2.05) is 0 Å². The number of carboxylic acid groups (broad SMARTS) is 1. The molecule has 21 heavy (non-hydrogen) atoms. The summed E-state index contributed by atoms with van der Waals surface area (Å²) >= 11 is 0. The molecule has 0 aromatic carbocycles. The number of carbonyl (C=O) groups excluding carboxylic acids is 1. The SMILES string of the molecule is COC(=O)c1cc2c(c(C(=O)O)n1)CC[C@H]2CCC1CC1. The number of hydrogen-bond donors (Lipinski definition) is 1. The van der Waals surface area contributed by atoms with Crippen LogP contribution in [-0.4, -0.2) is 29.1 Å². The molecule has 1 heterocycles. The number of aromatic carboxylic acids is 1. The molecule has 1 fully saturated rings. The van der Waals surface area contributed by atoms with Gasteiger partial charge < -0.3 is 9.84 Å². The summed E-state index contributed by atoms with van der Waals surface area (Å²) in [5.41, 5.74) is 1.91. The molecule has 5 nitrogen and oxygen atoms in total. The number of methoxy groups -OCH3 is 1. The van der Waals surface area contributed by atoms with Crippen molar-refractivity contribution in [3.63, 3.8) is 0 Å². The zero-order chi connectivity index (χ0) is 15.0. The Morgan fingerprint density at radius 3 is 2.71 bits per heavy atom. The Labute approximate surface area is 123 Å². The lowest BCUT2D eigenvalue weighted by Crippen LogP contribution is -2.13. The Morgan fingerprint density at radius 2 is 2.10 bits per heavy atom. The molecule has 0 aliphatic heterocycles. The predicted octanol–water partition coefficient (Wildman–Crippen LogP) is 2.79. The Bertz CT molecular complexity index is 592. The number of aromatic nitrogens is 1. The standard InChI is InChI=1S/C16H19NO4/c1-21-16(20)13-8-12-10(5-4-9-2-3-9)6-7-11(12)14(17-13)15(18)19/h8-10H,2-7H2,1H3,(H,18,19)/t10-/m1/s1. The summed E-state index contributed by atoms with van der Waals surface area (Å²) < 4.78 is 4.68. The molecule has 0 unspecified atom stereocenters. The van der Waals surface area contributed by atoms with Gasteiger partial charge in [-0.2, -0.15) is 0 Å². The van der Waals surface area contributed by atoms with Crippen LogP contribution < -0.4 is 0 Å². The van der Waals surface area contributed by atoms with Gasteiger partial charge >= 0.3 is 11.9 Å². The number of pyridine rings is 1. The highest BCUT2D eigenvalue weighted by molar-refractivity contribution is 5.92. The summed E-state index contributed by atoms with van der Waals surface area (Å²) in [5, 5.41) is 9.33. The van der Waals surface area contributed by atoms with Gasteiger partial charge in [0.2, 0.25) is 0 Å². The number of carbonyl (C=O) groups is 2. The molecule has 1 aromatic rings. The van der Waals surface area contributed by atoms with Gasteiger partial charge in [0.05, 0.1) is 7.11 Å². The van der Waals surface area contributed by atoms with Gasteiger partial charge in [-0.3, -0.25) is 0 Å². The van der Waals surface area contributed by atoms with E-state index in [4.69, 9.17) is 0 Å². The molecule has 1 atom stereocenters. The number of rotatable bonds is 5. The summed E-state index contributed by atoms with van der Waals surface area (Å²) in [6, 6.07) is 1.73. The highest BCUT2D eigenvalue weighted by atomic mass is 16.5. The van der Waals surface area contributed by atoms with Crippen LogP contribution in [0.3, 0.4) is 0 Å². The minimum Gasteiger partial charge on any atom is -0.477 e. The predicted molar refractivity (Wildman–Crippen MR) is 75.6 cm³/mol. The van der Waals surface area contributed by atoms with Crippen molar-refractivity contribution >= 4 is 11.9 Å². The average Bonchev–Trinajstić information content (AvgIpc) is 3.22. The van der Waals surface area contributed by atoms with Crippen molar-refractivity contribution < 1.29 is 19.4 Å². The lowest BCUT2D eigenvalue weighted by atomic mass is 9.94. The largest absolute Gasteiger partial charge is 0.477 e. The third-order valence-electron chi connectivity index (χ3n) is 4.56. The molecule has 0 amide bonds. The van der Waals surface area contributed by atoms with E-state index >= 15 is 0 Å². The number of esters is 1. The lowest BCUT2D eigenvalue weighted by molar-refractivity contribution is 0.0593. The van der Waals surface area contributed by atoms with Crippen LogP contribution in [0.4, 0.5) is 0 Å². The third-order valence-corrected chi connectivity index (χ3v) is 4.56.